The lowest BCUT2D eigenvalue weighted by Gasteiger charge is -2.14. The molecule has 0 bridgehead atoms. The van der Waals surface area contributed by atoms with Crippen LogP contribution in [0.15, 0.2) is 64.5 Å². The normalized spacial score (nSPS) is 15.8. The molecule has 0 aliphatic carbocycles. The molecular weight excluding hydrogens is 439 g/mol. The van der Waals surface area contributed by atoms with Gasteiger partial charge in [-0.05, 0) is 55.2 Å². The number of aromatic amines is 1. The first-order valence-electron chi connectivity index (χ1n) is 11.0. The number of hydrogen-bond acceptors (Lipinski definition) is 2. The zero-order chi connectivity index (χ0) is 26.1. The lowest BCUT2D eigenvalue weighted by atomic mass is 10.0. The third-order valence-corrected chi connectivity index (χ3v) is 5.02. The number of alkyl halides is 3. The summed E-state index contributed by atoms with van der Waals surface area (Å²) in [6.45, 7) is 14.9. The van der Waals surface area contributed by atoms with Gasteiger partial charge in [0.2, 0.25) is 5.96 Å². The third-order valence-electron chi connectivity index (χ3n) is 5.02. The van der Waals surface area contributed by atoms with Gasteiger partial charge < -0.3 is 15.2 Å². The average Bonchev–Trinajstić information content (AvgIpc) is 3.15. The van der Waals surface area contributed by atoms with E-state index in [2.05, 4.69) is 40.4 Å². The van der Waals surface area contributed by atoms with Crippen LogP contribution in [-0.4, -0.2) is 48.9 Å². The van der Waals surface area contributed by atoms with E-state index < -0.39 is 12.1 Å². The molecule has 1 atom stereocenters. The molecule has 5 nitrogen and oxygen atoms in total. The lowest BCUT2D eigenvalue weighted by molar-refractivity contribution is -0.146. The summed E-state index contributed by atoms with van der Waals surface area (Å²) in [5.74, 6) is -1.28. The van der Waals surface area contributed by atoms with Gasteiger partial charge in [-0.15, -0.1) is 0 Å². The van der Waals surface area contributed by atoms with E-state index in [4.69, 9.17) is 0 Å². The van der Waals surface area contributed by atoms with Crippen molar-refractivity contribution in [2.45, 2.75) is 46.2 Å². The highest BCUT2D eigenvalue weighted by Crippen LogP contribution is 2.32. The van der Waals surface area contributed by atoms with Crippen LogP contribution in [0.3, 0.4) is 0 Å². The smallest absolute Gasteiger partial charge is 0.383 e. The summed E-state index contributed by atoms with van der Waals surface area (Å²) in [5.41, 5.74) is 2.94. The molecule has 1 rings (SSSR count). The van der Waals surface area contributed by atoms with E-state index in [0.29, 0.717) is 27.9 Å². The molecule has 34 heavy (non-hydrogen) atoms. The van der Waals surface area contributed by atoms with Crippen molar-refractivity contribution < 1.29 is 13.2 Å². The van der Waals surface area contributed by atoms with Gasteiger partial charge in [0.05, 0.1) is 5.92 Å². The van der Waals surface area contributed by atoms with E-state index in [1.807, 2.05) is 44.3 Å². The number of rotatable bonds is 8. The Labute approximate surface area is 200 Å². The number of guanidine groups is 1. The summed E-state index contributed by atoms with van der Waals surface area (Å²) in [6, 6.07) is 0. The maximum absolute atomic E-state index is 13.2. The Morgan fingerprint density at radius 1 is 1.29 bits per heavy atom. The number of aliphatic imine (C=N–C) groups is 2. The number of hydrogen-bond donors (Lipinski definition) is 2. The monoisotopic (exact) mass is 475 g/mol. The molecule has 1 aromatic heterocycles. The topological polar surface area (TPSA) is 55.8 Å². The van der Waals surface area contributed by atoms with Crippen LogP contribution in [0.25, 0.3) is 12.2 Å². The second-order valence-electron chi connectivity index (χ2n) is 8.00. The van der Waals surface area contributed by atoms with Crippen LogP contribution in [0.5, 0.6) is 0 Å². The molecule has 186 valence electrons. The molecule has 0 aliphatic heterocycles. The summed E-state index contributed by atoms with van der Waals surface area (Å²) in [4.78, 5) is 13.6. The minimum Gasteiger partial charge on any atom is -0.383 e. The predicted molar refractivity (Wildman–Crippen MR) is 138 cm³/mol. The van der Waals surface area contributed by atoms with Crippen LogP contribution in [0.2, 0.25) is 0 Å². The zero-order valence-electron chi connectivity index (χ0n) is 21.1. The summed E-state index contributed by atoms with van der Waals surface area (Å²) in [6.07, 6.45) is 7.24. The van der Waals surface area contributed by atoms with E-state index in [1.165, 1.54) is 6.20 Å². The molecule has 1 heterocycles. The van der Waals surface area contributed by atoms with Crippen LogP contribution < -0.4 is 15.9 Å². The molecule has 0 aromatic carbocycles. The molecule has 0 fully saturated rings. The van der Waals surface area contributed by atoms with Gasteiger partial charge in [-0.3, -0.25) is 4.99 Å². The van der Waals surface area contributed by atoms with Crippen molar-refractivity contribution in [1.82, 2.24) is 15.2 Å². The van der Waals surface area contributed by atoms with Crippen LogP contribution in [-0.2, 0) is 0 Å². The predicted octanol–water partition coefficient (Wildman–Crippen LogP) is 4.78. The Kier molecular flexibility index (Phi) is 10.8. The van der Waals surface area contributed by atoms with E-state index >= 15 is 0 Å². The van der Waals surface area contributed by atoms with E-state index in [-0.39, 0.29) is 5.56 Å². The van der Waals surface area contributed by atoms with Crippen LogP contribution in [0.4, 0.5) is 13.2 Å². The molecule has 0 saturated carbocycles. The Morgan fingerprint density at radius 2 is 1.94 bits per heavy atom. The maximum atomic E-state index is 13.2. The number of aromatic nitrogens is 1. The van der Waals surface area contributed by atoms with Gasteiger partial charge in [-0.2, -0.15) is 13.2 Å². The van der Waals surface area contributed by atoms with Gasteiger partial charge in [-0.25, -0.2) is 4.99 Å². The number of allylic oxidation sites excluding steroid dienone is 5. The Balaban J connectivity index is 3.20. The highest BCUT2D eigenvalue weighted by Gasteiger charge is 2.37. The zero-order valence-corrected chi connectivity index (χ0v) is 21.1. The quantitative estimate of drug-likeness (QED) is 0.323. The first-order chi connectivity index (χ1) is 15.8. The molecule has 0 amide bonds. The maximum Gasteiger partial charge on any atom is 0.395 e. The standard InChI is InChI=1S/C26H36F3N5/c1-10-12-13-21(16-34(8)9)18(4)20(6)33-25(30-7)32-17(3)14-24-22(11-2)23(15-31-24)19(5)26(27,28)29/h11-16,19,31H,3-4,10H2,1-2,5-9H3,(H,30,32)/b13-12+,21-16+,22-11-,24-14+,33-20+. The van der Waals surface area contributed by atoms with Crippen LogP contribution in [0.1, 0.15) is 45.6 Å². The summed E-state index contributed by atoms with van der Waals surface area (Å²) in [7, 11) is 5.46. The minimum atomic E-state index is -4.32. The third kappa shape index (κ3) is 8.24. The van der Waals surface area contributed by atoms with Gasteiger partial charge in [0.25, 0.3) is 0 Å². The van der Waals surface area contributed by atoms with Gasteiger partial charge in [0.1, 0.15) is 0 Å². The first-order valence-corrected chi connectivity index (χ1v) is 11.0. The Hall–Kier alpha value is -3.29. The fourth-order valence-electron chi connectivity index (χ4n) is 3.11. The highest BCUT2D eigenvalue weighted by molar-refractivity contribution is 6.08. The fourth-order valence-corrected chi connectivity index (χ4v) is 3.11. The van der Waals surface area contributed by atoms with Gasteiger partial charge >= 0.3 is 6.18 Å². The second kappa shape index (κ2) is 12.8. The number of H-pyrrole nitrogens is 1. The van der Waals surface area contributed by atoms with Crippen molar-refractivity contribution in [3.8, 4) is 0 Å². The van der Waals surface area contributed by atoms with Crippen molar-refractivity contribution in [2.24, 2.45) is 9.98 Å². The number of halogens is 3. The van der Waals surface area contributed by atoms with Gasteiger partial charge in [-0.1, -0.05) is 38.3 Å². The molecule has 1 unspecified atom stereocenters. The summed E-state index contributed by atoms with van der Waals surface area (Å²) in [5, 5.41) is 4.02. The Bertz CT molecular complexity index is 1110. The van der Waals surface area contributed by atoms with Gasteiger partial charge in [0.15, 0.2) is 0 Å². The molecule has 0 saturated heterocycles. The lowest BCUT2D eigenvalue weighted by Crippen LogP contribution is -2.31. The SMILES string of the molecule is C=C(/C=c1/[nH]cc(C(C)C(F)(F)F)/c1=C/C)NC(=N/C)/N=C(\C)C(=C)C(/C=C/CC)=C/N(C)C. The van der Waals surface area contributed by atoms with Crippen LogP contribution >= 0.6 is 0 Å². The average molecular weight is 476 g/mol. The van der Waals surface area contributed by atoms with Crippen molar-refractivity contribution in [3.05, 3.63) is 70.7 Å². The van der Waals surface area contributed by atoms with E-state index in [1.54, 1.807) is 26.1 Å². The first kappa shape index (κ1) is 28.7. The molecule has 0 radical (unpaired) electrons. The number of nitrogens with zero attached hydrogens (tertiary/aromatic N) is 3. The highest BCUT2D eigenvalue weighted by atomic mass is 19.4. The van der Waals surface area contributed by atoms with Crippen molar-refractivity contribution in [3.63, 3.8) is 0 Å². The Morgan fingerprint density at radius 3 is 2.44 bits per heavy atom. The summed E-state index contributed by atoms with van der Waals surface area (Å²) < 4.78 is 39.6. The number of nitrogens with one attached hydrogen (secondary N) is 2. The largest absolute Gasteiger partial charge is 0.395 e. The molecule has 8 heteroatoms. The van der Waals surface area contributed by atoms with Crippen molar-refractivity contribution >= 4 is 23.8 Å². The minimum absolute atomic E-state index is 0.184. The fraction of sp³-hybridized carbons (Fsp3) is 0.385. The van der Waals surface area contributed by atoms with Crippen LogP contribution in [0, 0.1) is 0 Å². The van der Waals surface area contributed by atoms with E-state index in [9.17, 15) is 13.2 Å². The molecular formula is C26H36F3N5. The molecule has 0 spiro atoms. The second-order valence-corrected chi connectivity index (χ2v) is 8.00. The van der Waals surface area contributed by atoms with Crippen molar-refractivity contribution in [1.29, 1.82) is 0 Å². The van der Waals surface area contributed by atoms with Crippen molar-refractivity contribution in [2.75, 3.05) is 21.1 Å². The molecule has 0 aliphatic rings. The van der Waals surface area contributed by atoms with E-state index in [0.717, 1.165) is 24.5 Å². The van der Waals surface area contributed by atoms with Gasteiger partial charge in [0, 0.05) is 50.3 Å². The molecule has 2 N–H and O–H groups in total. The molecule has 1 aromatic rings. The summed E-state index contributed by atoms with van der Waals surface area (Å²) >= 11 is 0.